The highest BCUT2D eigenvalue weighted by Crippen LogP contribution is 2.10. The van der Waals surface area contributed by atoms with E-state index in [0.717, 1.165) is 25.6 Å². The van der Waals surface area contributed by atoms with Crippen LogP contribution in [0.25, 0.3) is 0 Å². The Morgan fingerprint density at radius 2 is 2.29 bits per heavy atom. The Hall–Kier alpha value is -0.0800. The smallest absolute Gasteiger partial charge is 0.0110 e. The third kappa shape index (κ3) is 0.924. The summed E-state index contributed by atoms with van der Waals surface area (Å²) in [5.74, 6) is 0.734. The summed E-state index contributed by atoms with van der Waals surface area (Å²) in [5.41, 5.74) is 5.34. The molecule has 0 spiro atoms. The fourth-order valence-electron chi connectivity index (χ4n) is 0.826. The van der Waals surface area contributed by atoms with Crippen molar-refractivity contribution >= 4 is 0 Å². The Labute approximate surface area is 44.3 Å². The summed E-state index contributed by atoms with van der Waals surface area (Å²) in [7, 11) is 3.72. The van der Waals surface area contributed by atoms with Gasteiger partial charge in [0.05, 0.1) is 0 Å². The fourth-order valence-corrected chi connectivity index (χ4v) is 0.826. The van der Waals surface area contributed by atoms with Crippen molar-refractivity contribution in [3.63, 3.8) is 0 Å². The van der Waals surface area contributed by atoms with Gasteiger partial charge in [-0.1, -0.05) is 0 Å². The van der Waals surface area contributed by atoms with Gasteiger partial charge in [-0.25, -0.2) is 0 Å². The van der Waals surface area contributed by atoms with E-state index in [1.54, 1.807) is 0 Å². The molecule has 1 saturated heterocycles. The number of nitrogens with two attached hydrogens (primary N) is 1. The molecule has 1 aliphatic heterocycles. The highest BCUT2D eigenvalue weighted by Gasteiger charge is 2.20. The number of rotatable bonds is 1. The van der Waals surface area contributed by atoms with Gasteiger partial charge < -0.3 is 10.6 Å². The Balaban J connectivity index is 2.06. The largest absolute Gasteiger partial charge is 0.330 e. The zero-order valence-corrected chi connectivity index (χ0v) is 4.43. The van der Waals surface area contributed by atoms with Gasteiger partial charge in [0.15, 0.2) is 0 Å². The van der Waals surface area contributed by atoms with Crippen LogP contribution in [0.15, 0.2) is 0 Å². The molecule has 0 aromatic carbocycles. The standard InChI is InChI=1S/C5H11N2/c1-7-3-5(2-6)4-7/h5H,1-4,6H2. The zero-order valence-electron chi connectivity index (χ0n) is 4.43. The minimum absolute atomic E-state index is 0.734. The fraction of sp³-hybridized carbons (Fsp3) is 0.800. The molecule has 1 fully saturated rings. The summed E-state index contributed by atoms with van der Waals surface area (Å²) in [6.07, 6.45) is 0. The minimum Gasteiger partial charge on any atom is -0.330 e. The highest BCUT2D eigenvalue weighted by atomic mass is 15.2. The first-order valence-electron chi connectivity index (χ1n) is 2.58. The van der Waals surface area contributed by atoms with Crippen LogP contribution in [0, 0.1) is 13.0 Å². The summed E-state index contributed by atoms with van der Waals surface area (Å²) in [5, 5.41) is 0. The van der Waals surface area contributed by atoms with Crippen molar-refractivity contribution in [1.29, 1.82) is 0 Å². The third-order valence-electron chi connectivity index (χ3n) is 1.37. The van der Waals surface area contributed by atoms with Gasteiger partial charge in [0.25, 0.3) is 0 Å². The Kier molecular flexibility index (Phi) is 1.30. The second-order valence-corrected chi connectivity index (χ2v) is 2.14. The Bertz CT molecular complexity index is 57.1. The molecule has 0 unspecified atom stereocenters. The van der Waals surface area contributed by atoms with E-state index in [0.29, 0.717) is 0 Å². The molecule has 41 valence electrons. The van der Waals surface area contributed by atoms with Crippen LogP contribution in [-0.2, 0) is 0 Å². The molecule has 0 saturated carbocycles. The summed E-state index contributed by atoms with van der Waals surface area (Å²) in [6.45, 7) is 3.01. The highest BCUT2D eigenvalue weighted by molar-refractivity contribution is 4.78. The molecule has 1 rings (SSSR count). The third-order valence-corrected chi connectivity index (χ3v) is 1.37. The van der Waals surface area contributed by atoms with Gasteiger partial charge in [0, 0.05) is 20.1 Å². The normalized spacial score (nSPS) is 24.9. The SMILES string of the molecule is [CH2]N1CC(CN)C1. The van der Waals surface area contributed by atoms with E-state index in [1.165, 1.54) is 0 Å². The molecule has 1 heterocycles. The molecule has 0 aromatic rings. The van der Waals surface area contributed by atoms with Crippen LogP contribution < -0.4 is 5.73 Å². The lowest BCUT2D eigenvalue weighted by Gasteiger charge is -2.34. The van der Waals surface area contributed by atoms with E-state index in [1.807, 2.05) is 4.90 Å². The summed E-state index contributed by atoms with van der Waals surface area (Å²) in [6, 6.07) is 0. The molecule has 2 N–H and O–H groups in total. The number of nitrogens with zero attached hydrogens (tertiary/aromatic N) is 1. The maximum absolute atomic E-state index is 5.34. The Morgan fingerprint density at radius 3 is 2.43 bits per heavy atom. The molecule has 7 heavy (non-hydrogen) atoms. The predicted octanol–water partition coefficient (Wildman–Crippen LogP) is -0.332. The van der Waals surface area contributed by atoms with Crippen molar-refractivity contribution in [3.8, 4) is 0 Å². The van der Waals surface area contributed by atoms with Crippen LogP contribution in [0.4, 0.5) is 0 Å². The second-order valence-electron chi connectivity index (χ2n) is 2.14. The van der Waals surface area contributed by atoms with Gasteiger partial charge in [-0.05, 0) is 12.5 Å². The molecule has 2 nitrogen and oxygen atoms in total. The van der Waals surface area contributed by atoms with Crippen LogP contribution >= 0.6 is 0 Å². The van der Waals surface area contributed by atoms with E-state index in [-0.39, 0.29) is 0 Å². The molecule has 0 aliphatic carbocycles. The number of hydrogen-bond acceptors (Lipinski definition) is 2. The van der Waals surface area contributed by atoms with Crippen molar-refractivity contribution in [2.24, 2.45) is 11.7 Å². The lowest BCUT2D eigenvalue weighted by Crippen LogP contribution is -2.45. The van der Waals surface area contributed by atoms with E-state index >= 15 is 0 Å². The van der Waals surface area contributed by atoms with Crippen LogP contribution in [0.3, 0.4) is 0 Å². The van der Waals surface area contributed by atoms with Gasteiger partial charge in [-0.15, -0.1) is 0 Å². The molecule has 0 bridgehead atoms. The van der Waals surface area contributed by atoms with E-state index < -0.39 is 0 Å². The maximum Gasteiger partial charge on any atom is 0.0110 e. The molecule has 0 aromatic heterocycles. The first kappa shape index (κ1) is 5.06. The minimum atomic E-state index is 0.734. The predicted molar refractivity (Wildman–Crippen MR) is 29.5 cm³/mol. The van der Waals surface area contributed by atoms with Crippen molar-refractivity contribution in [1.82, 2.24) is 4.90 Å². The summed E-state index contributed by atoms with van der Waals surface area (Å²) in [4.78, 5) is 2.03. The van der Waals surface area contributed by atoms with Crippen LogP contribution in [-0.4, -0.2) is 24.5 Å². The molecule has 1 aliphatic rings. The average molecular weight is 99.2 g/mol. The monoisotopic (exact) mass is 99.1 g/mol. The van der Waals surface area contributed by atoms with Gasteiger partial charge in [-0.2, -0.15) is 0 Å². The molecular weight excluding hydrogens is 88.1 g/mol. The molecule has 0 atom stereocenters. The molecule has 0 amide bonds. The topological polar surface area (TPSA) is 29.3 Å². The number of likely N-dealkylation sites (tertiary alicyclic amines) is 1. The van der Waals surface area contributed by atoms with E-state index in [9.17, 15) is 0 Å². The van der Waals surface area contributed by atoms with E-state index in [4.69, 9.17) is 5.73 Å². The average Bonchev–Trinajstić information content (AvgIpc) is 1.58. The van der Waals surface area contributed by atoms with Crippen LogP contribution in [0.1, 0.15) is 0 Å². The van der Waals surface area contributed by atoms with Crippen molar-refractivity contribution in [3.05, 3.63) is 7.05 Å². The van der Waals surface area contributed by atoms with Crippen LogP contribution in [0.5, 0.6) is 0 Å². The maximum atomic E-state index is 5.34. The quantitative estimate of drug-likeness (QED) is 0.487. The van der Waals surface area contributed by atoms with E-state index in [2.05, 4.69) is 7.05 Å². The van der Waals surface area contributed by atoms with Crippen molar-refractivity contribution in [2.75, 3.05) is 19.6 Å². The van der Waals surface area contributed by atoms with Crippen LogP contribution in [0.2, 0.25) is 0 Å². The summed E-state index contributed by atoms with van der Waals surface area (Å²) >= 11 is 0. The molecular formula is C5H11N2. The Morgan fingerprint density at radius 1 is 1.71 bits per heavy atom. The van der Waals surface area contributed by atoms with Gasteiger partial charge in [0.2, 0.25) is 0 Å². The number of hydrogen-bond donors (Lipinski definition) is 1. The van der Waals surface area contributed by atoms with Gasteiger partial charge in [-0.3, -0.25) is 0 Å². The first-order chi connectivity index (χ1) is 3.33. The lowest BCUT2D eigenvalue weighted by molar-refractivity contribution is 0.163. The van der Waals surface area contributed by atoms with Gasteiger partial charge in [0.1, 0.15) is 0 Å². The zero-order chi connectivity index (χ0) is 5.28. The molecule has 2 heteroatoms. The van der Waals surface area contributed by atoms with Crippen molar-refractivity contribution in [2.45, 2.75) is 0 Å². The van der Waals surface area contributed by atoms with Gasteiger partial charge >= 0.3 is 0 Å². The first-order valence-corrected chi connectivity index (χ1v) is 2.58. The lowest BCUT2D eigenvalue weighted by atomic mass is 10.0. The summed E-state index contributed by atoms with van der Waals surface area (Å²) < 4.78 is 0. The second kappa shape index (κ2) is 1.80. The molecule has 1 radical (unpaired) electrons. The van der Waals surface area contributed by atoms with Crippen molar-refractivity contribution < 1.29 is 0 Å².